The first kappa shape index (κ1) is 20.6. The zero-order valence-corrected chi connectivity index (χ0v) is 16.4. The van der Waals surface area contributed by atoms with Gasteiger partial charge < -0.3 is 15.4 Å². The second kappa shape index (κ2) is 11.2. The molecule has 0 aliphatic rings. The first-order valence-electron chi connectivity index (χ1n) is 6.47. The lowest BCUT2D eigenvalue weighted by Crippen LogP contribution is -2.44. The predicted octanol–water partition coefficient (Wildman–Crippen LogP) is 2.95. The van der Waals surface area contributed by atoms with E-state index in [1.807, 2.05) is 6.92 Å². The molecule has 0 aliphatic carbocycles. The summed E-state index contributed by atoms with van der Waals surface area (Å²) in [7, 11) is 3.39. The van der Waals surface area contributed by atoms with Gasteiger partial charge >= 0.3 is 0 Å². The molecule has 0 bridgehead atoms. The fourth-order valence-corrected chi connectivity index (χ4v) is 2.17. The topological polar surface area (TPSA) is 45.7 Å². The van der Waals surface area contributed by atoms with E-state index in [1.54, 1.807) is 26.3 Å². The molecule has 0 fully saturated rings. The van der Waals surface area contributed by atoms with Crippen LogP contribution in [0.2, 0.25) is 0 Å². The van der Waals surface area contributed by atoms with Gasteiger partial charge in [-0.05, 0) is 47.0 Å². The van der Waals surface area contributed by atoms with E-state index in [9.17, 15) is 4.39 Å². The van der Waals surface area contributed by atoms with E-state index in [0.717, 1.165) is 24.5 Å². The van der Waals surface area contributed by atoms with Crippen LogP contribution in [0.1, 0.15) is 12.5 Å². The van der Waals surface area contributed by atoms with Crippen LogP contribution in [0.25, 0.3) is 0 Å². The van der Waals surface area contributed by atoms with Crippen LogP contribution in [0.15, 0.2) is 27.7 Å². The van der Waals surface area contributed by atoms with E-state index in [2.05, 4.69) is 31.6 Å². The molecule has 1 unspecified atom stereocenters. The van der Waals surface area contributed by atoms with Crippen molar-refractivity contribution in [2.75, 3.05) is 27.3 Å². The number of nitrogens with zero attached hydrogens (tertiary/aromatic N) is 1. The van der Waals surface area contributed by atoms with Crippen LogP contribution in [0.5, 0.6) is 0 Å². The van der Waals surface area contributed by atoms with Crippen molar-refractivity contribution in [1.29, 1.82) is 0 Å². The zero-order chi connectivity index (χ0) is 15.0. The number of guanidine groups is 1. The Balaban J connectivity index is 0.00000400. The van der Waals surface area contributed by atoms with Crippen LogP contribution in [0, 0.1) is 5.82 Å². The molecule has 21 heavy (non-hydrogen) atoms. The Kier molecular flexibility index (Phi) is 11.0. The predicted molar refractivity (Wildman–Crippen MR) is 99.1 cm³/mol. The van der Waals surface area contributed by atoms with Crippen LogP contribution in [0.4, 0.5) is 4.39 Å². The van der Waals surface area contributed by atoms with E-state index < -0.39 is 0 Å². The van der Waals surface area contributed by atoms with E-state index in [1.165, 1.54) is 6.07 Å². The van der Waals surface area contributed by atoms with Crippen LogP contribution in [0.3, 0.4) is 0 Å². The van der Waals surface area contributed by atoms with Gasteiger partial charge in [0.15, 0.2) is 5.96 Å². The van der Waals surface area contributed by atoms with Crippen molar-refractivity contribution in [3.8, 4) is 0 Å². The summed E-state index contributed by atoms with van der Waals surface area (Å²) in [6.45, 7) is 3.36. The monoisotopic (exact) mass is 473 g/mol. The third-order valence-electron chi connectivity index (χ3n) is 2.71. The molecule has 120 valence electrons. The standard InChI is InChI=1S/C14H21BrFN3O.HI/c1-10(9-20-3)19-14(17-2)18-7-6-11-4-5-13(16)12(15)8-11;/h4-5,8,10H,6-7,9H2,1-3H3,(H2,17,18,19);1H. The maximum atomic E-state index is 13.1. The molecule has 0 spiro atoms. The van der Waals surface area contributed by atoms with Gasteiger partial charge in [-0.25, -0.2) is 4.39 Å². The van der Waals surface area contributed by atoms with Gasteiger partial charge in [-0.3, -0.25) is 4.99 Å². The summed E-state index contributed by atoms with van der Waals surface area (Å²) < 4.78 is 18.7. The number of nitrogens with one attached hydrogen (secondary N) is 2. The zero-order valence-electron chi connectivity index (χ0n) is 12.5. The van der Waals surface area contributed by atoms with Crippen LogP contribution in [-0.4, -0.2) is 39.3 Å². The summed E-state index contributed by atoms with van der Waals surface area (Å²) in [6.07, 6.45) is 0.790. The summed E-state index contributed by atoms with van der Waals surface area (Å²) in [4.78, 5) is 4.14. The number of halogens is 3. The lowest BCUT2D eigenvalue weighted by Gasteiger charge is -2.17. The molecule has 0 amide bonds. The average molecular weight is 474 g/mol. The van der Waals surface area contributed by atoms with Crippen molar-refractivity contribution in [2.24, 2.45) is 4.99 Å². The van der Waals surface area contributed by atoms with E-state index in [4.69, 9.17) is 4.74 Å². The highest BCUT2D eigenvalue weighted by atomic mass is 127. The van der Waals surface area contributed by atoms with Crippen molar-refractivity contribution in [3.05, 3.63) is 34.1 Å². The molecule has 0 aromatic heterocycles. The van der Waals surface area contributed by atoms with Gasteiger partial charge in [0.25, 0.3) is 0 Å². The highest BCUT2D eigenvalue weighted by molar-refractivity contribution is 14.0. The lowest BCUT2D eigenvalue weighted by molar-refractivity contribution is 0.179. The Morgan fingerprint density at radius 3 is 2.76 bits per heavy atom. The molecule has 1 atom stereocenters. The summed E-state index contributed by atoms with van der Waals surface area (Å²) in [5, 5.41) is 6.43. The fraction of sp³-hybridized carbons (Fsp3) is 0.500. The second-order valence-electron chi connectivity index (χ2n) is 4.50. The minimum Gasteiger partial charge on any atom is -0.383 e. The van der Waals surface area contributed by atoms with E-state index >= 15 is 0 Å². The Labute approximate surface area is 151 Å². The Morgan fingerprint density at radius 1 is 1.48 bits per heavy atom. The summed E-state index contributed by atoms with van der Waals surface area (Å²) in [5.41, 5.74) is 1.06. The molecule has 7 heteroatoms. The molecule has 0 saturated carbocycles. The molecule has 1 aromatic carbocycles. The molecule has 4 nitrogen and oxygen atoms in total. The molecule has 0 aliphatic heterocycles. The molecular weight excluding hydrogens is 452 g/mol. The minimum atomic E-state index is -0.243. The van der Waals surface area contributed by atoms with Crippen LogP contribution in [-0.2, 0) is 11.2 Å². The van der Waals surface area contributed by atoms with Crippen molar-refractivity contribution < 1.29 is 9.13 Å². The van der Waals surface area contributed by atoms with E-state index in [0.29, 0.717) is 11.1 Å². The number of benzene rings is 1. The van der Waals surface area contributed by atoms with Gasteiger partial charge in [0.05, 0.1) is 11.1 Å². The number of methoxy groups -OCH3 is 1. The SMILES string of the molecule is CN=C(NCCc1ccc(F)c(Br)c1)NC(C)COC.I. The Bertz CT molecular complexity index is 460. The molecule has 0 saturated heterocycles. The number of aliphatic imine (C=N–C) groups is 1. The highest BCUT2D eigenvalue weighted by Gasteiger charge is 2.05. The number of ether oxygens (including phenoxy) is 1. The van der Waals surface area contributed by atoms with Crippen molar-refractivity contribution in [1.82, 2.24) is 10.6 Å². The van der Waals surface area contributed by atoms with Crippen LogP contribution >= 0.6 is 39.9 Å². The third-order valence-corrected chi connectivity index (χ3v) is 3.32. The maximum absolute atomic E-state index is 13.1. The fourth-order valence-electron chi connectivity index (χ4n) is 1.74. The van der Waals surface area contributed by atoms with Gasteiger partial charge in [-0.2, -0.15) is 0 Å². The average Bonchev–Trinajstić information content (AvgIpc) is 2.42. The second-order valence-corrected chi connectivity index (χ2v) is 5.35. The number of rotatable bonds is 6. The van der Waals surface area contributed by atoms with Gasteiger partial charge in [-0.1, -0.05) is 6.07 Å². The summed E-state index contributed by atoms with van der Waals surface area (Å²) in [5.74, 6) is 0.489. The first-order chi connectivity index (χ1) is 9.56. The van der Waals surface area contributed by atoms with Crippen LogP contribution < -0.4 is 10.6 Å². The highest BCUT2D eigenvalue weighted by Crippen LogP contribution is 2.16. The van der Waals surface area contributed by atoms with Crippen molar-refractivity contribution in [2.45, 2.75) is 19.4 Å². The molecule has 0 radical (unpaired) electrons. The first-order valence-corrected chi connectivity index (χ1v) is 7.26. The summed E-state index contributed by atoms with van der Waals surface area (Å²) >= 11 is 3.19. The molecule has 1 aromatic rings. The Morgan fingerprint density at radius 2 is 2.19 bits per heavy atom. The van der Waals surface area contributed by atoms with Gasteiger partial charge in [0.1, 0.15) is 5.82 Å². The molecular formula is C14H22BrFIN3O. The quantitative estimate of drug-likeness (QED) is 0.379. The lowest BCUT2D eigenvalue weighted by atomic mass is 10.1. The van der Waals surface area contributed by atoms with Gasteiger partial charge in [0, 0.05) is 26.7 Å². The van der Waals surface area contributed by atoms with Gasteiger partial charge in [-0.15, -0.1) is 24.0 Å². The minimum absolute atomic E-state index is 0. The molecule has 1 rings (SSSR count). The summed E-state index contributed by atoms with van der Waals surface area (Å²) in [6, 6.07) is 5.23. The third kappa shape index (κ3) is 7.96. The number of hydrogen-bond donors (Lipinski definition) is 2. The normalized spacial score (nSPS) is 12.5. The largest absolute Gasteiger partial charge is 0.383 e. The number of hydrogen-bond acceptors (Lipinski definition) is 2. The smallest absolute Gasteiger partial charge is 0.191 e. The molecule has 2 N–H and O–H groups in total. The van der Waals surface area contributed by atoms with Gasteiger partial charge in [0.2, 0.25) is 0 Å². The van der Waals surface area contributed by atoms with Crippen molar-refractivity contribution >= 4 is 45.9 Å². The Hall–Kier alpha value is -0.410. The maximum Gasteiger partial charge on any atom is 0.191 e. The molecule has 0 heterocycles. The van der Waals surface area contributed by atoms with E-state index in [-0.39, 0.29) is 35.8 Å². The van der Waals surface area contributed by atoms with Crippen molar-refractivity contribution in [3.63, 3.8) is 0 Å².